The summed E-state index contributed by atoms with van der Waals surface area (Å²) in [7, 11) is -3.48. The van der Waals surface area contributed by atoms with Gasteiger partial charge in [0, 0.05) is 22.3 Å². The molecule has 4 nitrogen and oxygen atoms in total. The Balaban J connectivity index is 2.00. The van der Waals surface area contributed by atoms with Gasteiger partial charge in [-0.3, -0.25) is 4.79 Å². The Morgan fingerprint density at radius 1 is 1.13 bits per heavy atom. The Labute approximate surface area is 178 Å². The molecule has 2 aromatic rings. The number of hydrogen-bond donors (Lipinski definition) is 0. The van der Waals surface area contributed by atoms with Crippen LogP contribution in [0.4, 0.5) is 18.9 Å². The maximum atomic E-state index is 13.2. The van der Waals surface area contributed by atoms with Crippen LogP contribution in [0.25, 0.3) is 0 Å². The molecule has 0 N–H and O–H groups in total. The zero-order valence-corrected chi connectivity index (χ0v) is 18.4. The Morgan fingerprint density at radius 3 is 2.33 bits per heavy atom. The van der Waals surface area contributed by atoms with E-state index in [-0.39, 0.29) is 27.9 Å². The number of benzene rings is 2. The van der Waals surface area contributed by atoms with Crippen LogP contribution in [0.15, 0.2) is 52.3 Å². The normalized spacial score (nSPS) is 17.6. The second kappa shape index (κ2) is 8.26. The average Bonchev–Trinajstić information content (AvgIpc) is 2.84. The predicted octanol–water partition coefficient (Wildman–Crippen LogP) is 5.42. The number of thioether (sulfide) groups is 1. The molecule has 1 amide bonds. The molecule has 0 spiro atoms. The molecule has 162 valence electrons. The minimum atomic E-state index is -4.51. The van der Waals surface area contributed by atoms with Crippen molar-refractivity contribution in [3.8, 4) is 0 Å². The Hall–Kier alpha value is -2.00. The number of fused-ring (bicyclic) bond motifs is 1. The van der Waals surface area contributed by atoms with Gasteiger partial charge >= 0.3 is 6.18 Å². The van der Waals surface area contributed by atoms with Gasteiger partial charge in [0.05, 0.1) is 21.4 Å². The lowest BCUT2D eigenvalue weighted by Gasteiger charge is -2.24. The third-order valence-electron chi connectivity index (χ3n) is 4.96. The second-order valence-corrected chi connectivity index (χ2v) is 11.5. The number of rotatable bonds is 3. The number of amides is 1. The number of carbonyl (C=O) groups excluding carboxylic acids is 1. The second-order valence-electron chi connectivity index (χ2n) is 7.47. The summed E-state index contributed by atoms with van der Waals surface area (Å²) in [5, 5.41) is -0.465. The highest BCUT2D eigenvalue weighted by molar-refractivity contribution is 8.00. The molecule has 0 fully saturated rings. The molecule has 3 rings (SSSR count). The topological polar surface area (TPSA) is 54.5 Å². The summed E-state index contributed by atoms with van der Waals surface area (Å²) in [6, 6.07) is 8.99. The van der Waals surface area contributed by atoms with Crippen LogP contribution in [0.5, 0.6) is 0 Å². The zero-order chi connectivity index (χ0) is 22.3. The molecule has 1 unspecified atom stereocenters. The van der Waals surface area contributed by atoms with E-state index in [9.17, 15) is 26.4 Å². The minimum Gasteiger partial charge on any atom is -0.307 e. The number of sulfone groups is 1. The maximum Gasteiger partial charge on any atom is 0.416 e. The molecule has 1 heterocycles. The monoisotopic (exact) mass is 457 g/mol. The molecule has 0 saturated heterocycles. The summed E-state index contributed by atoms with van der Waals surface area (Å²) in [4.78, 5) is 15.2. The molecular formula is C21H22F3NO3S2. The van der Waals surface area contributed by atoms with Gasteiger partial charge in [-0.1, -0.05) is 6.92 Å². The summed E-state index contributed by atoms with van der Waals surface area (Å²) in [5.41, 5.74) is -0.365. The number of alkyl halides is 3. The van der Waals surface area contributed by atoms with Crippen molar-refractivity contribution in [2.75, 3.05) is 11.4 Å². The third-order valence-corrected chi connectivity index (χ3v) is 8.37. The van der Waals surface area contributed by atoms with Crippen LogP contribution in [-0.2, 0) is 16.0 Å². The molecule has 9 heteroatoms. The van der Waals surface area contributed by atoms with Crippen LogP contribution in [0.1, 0.15) is 43.1 Å². The van der Waals surface area contributed by atoms with Crippen molar-refractivity contribution in [2.45, 2.75) is 53.7 Å². The van der Waals surface area contributed by atoms with E-state index in [0.717, 1.165) is 12.1 Å². The summed E-state index contributed by atoms with van der Waals surface area (Å²) < 4.78 is 64.3. The summed E-state index contributed by atoms with van der Waals surface area (Å²) >= 11 is 1.44. The van der Waals surface area contributed by atoms with Crippen molar-refractivity contribution in [1.82, 2.24) is 0 Å². The van der Waals surface area contributed by atoms with Gasteiger partial charge in [0.15, 0.2) is 9.84 Å². The first-order chi connectivity index (χ1) is 13.9. The molecule has 0 saturated carbocycles. The summed E-state index contributed by atoms with van der Waals surface area (Å²) in [6.45, 7) is 5.37. The summed E-state index contributed by atoms with van der Waals surface area (Å²) in [5.74, 6) is -0.459. The van der Waals surface area contributed by atoms with E-state index in [1.807, 2.05) is 6.92 Å². The largest absolute Gasteiger partial charge is 0.416 e. The fraction of sp³-hybridized carbons (Fsp3) is 0.381. The molecule has 0 aliphatic carbocycles. The molecule has 0 aromatic heterocycles. The van der Waals surface area contributed by atoms with Gasteiger partial charge in [-0.25, -0.2) is 8.42 Å². The third kappa shape index (κ3) is 4.51. The van der Waals surface area contributed by atoms with Crippen molar-refractivity contribution >= 4 is 33.2 Å². The fourth-order valence-electron chi connectivity index (χ4n) is 3.14. The zero-order valence-electron chi connectivity index (χ0n) is 16.7. The van der Waals surface area contributed by atoms with Crippen LogP contribution in [-0.4, -0.2) is 31.4 Å². The van der Waals surface area contributed by atoms with Crippen LogP contribution in [0.3, 0.4) is 0 Å². The maximum absolute atomic E-state index is 13.2. The van der Waals surface area contributed by atoms with Crippen LogP contribution >= 0.6 is 11.8 Å². The molecule has 1 aliphatic heterocycles. The van der Waals surface area contributed by atoms with E-state index < -0.39 is 32.7 Å². The van der Waals surface area contributed by atoms with Gasteiger partial charge in [0.1, 0.15) is 0 Å². The van der Waals surface area contributed by atoms with E-state index >= 15 is 0 Å². The van der Waals surface area contributed by atoms with E-state index in [2.05, 4.69) is 0 Å². The number of anilines is 1. The average molecular weight is 458 g/mol. The van der Waals surface area contributed by atoms with Gasteiger partial charge < -0.3 is 4.90 Å². The van der Waals surface area contributed by atoms with E-state index in [4.69, 9.17) is 0 Å². The lowest BCUT2D eigenvalue weighted by molar-refractivity contribution is -0.137. The fourth-order valence-corrected chi connectivity index (χ4v) is 5.29. The Morgan fingerprint density at radius 2 is 1.77 bits per heavy atom. The highest BCUT2D eigenvalue weighted by atomic mass is 32.2. The summed E-state index contributed by atoms with van der Waals surface area (Å²) in [6.07, 6.45) is -3.90. The number of hydrogen-bond acceptors (Lipinski definition) is 4. The van der Waals surface area contributed by atoms with Crippen LogP contribution in [0.2, 0.25) is 0 Å². The first-order valence-electron chi connectivity index (χ1n) is 9.45. The van der Waals surface area contributed by atoms with Gasteiger partial charge in [-0.05, 0) is 62.7 Å². The lowest BCUT2D eigenvalue weighted by atomic mass is 10.1. The van der Waals surface area contributed by atoms with Gasteiger partial charge in [-0.15, -0.1) is 11.8 Å². The van der Waals surface area contributed by atoms with E-state index in [1.54, 1.807) is 13.8 Å². The molecule has 0 bridgehead atoms. The highest BCUT2D eigenvalue weighted by Crippen LogP contribution is 2.41. The first kappa shape index (κ1) is 22.7. The molecule has 30 heavy (non-hydrogen) atoms. The van der Waals surface area contributed by atoms with Crippen molar-refractivity contribution in [2.24, 2.45) is 0 Å². The standard InChI is InChI=1S/C21H22F3NO3S2/c1-13(2)30(27,28)17-7-4-15(5-8-17)20(26)25-11-10-14(3)29-19-9-6-16(12-18(19)25)21(22,23)24/h4-9,12-14H,10-11H2,1-3H3. The van der Waals surface area contributed by atoms with Gasteiger partial charge in [0.2, 0.25) is 0 Å². The molecule has 1 aliphatic rings. The predicted molar refractivity (Wildman–Crippen MR) is 112 cm³/mol. The molecule has 2 aromatic carbocycles. The first-order valence-corrected chi connectivity index (χ1v) is 11.9. The number of nitrogens with zero attached hydrogens (tertiary/aromatic N) is 1. The smallest absolute Gasteiger partial charge is 0.307 e. The van der Waals surface area contributed by atoms with Crippen molar-refractivity contribution in [3.63, 3.8) is 0 Å². The Kier molecular flexibility index (Phi) is 6.25. The van der Waals surface area contributed by atoms with Crippen LogP contribution in [0, 0.1) is 0 Å². The van der Waals surface area contributed by atoms with Crippen molar-refractivity contribution < 1.29 is 26.4 Å². The minimum absolute atomic E-state index is 0.105. The Bertz CT molecular complexity index is 1050. The lowest BCUT2D eigenvalue weighted by Crippen LogP contribution is -2.32. The molecule has 0 radical (unpaired) electrons. The SMILES string of the molecule is CC1CCN(C(=O)c2ccc(S(=O)(=O)C(C)C)cc2)c2cc(C(F)(F)F)ccc2S1. The number of halogens is 3. The number of carbonyl (C=O) groups is 1. The highest BCUT2D eigenvalue weighted by Gasteiger charge is 2.33. The van der Waals surface area contributed by atoms with Crippen molar-refractivity contribution in [1.29, 1.82) is 0 Å². The van der Waals surface area contributed by atoms with E-state index in [0.29, 0.717) is 11.3 Å². The van der Waals surface area contributed by atoms with Crippen molar-refractivity contribution in [3.05, 3.63) is 53.6 Å². The molecule has 1 atom stereocenters. The van der Waals surface area contributed by atoms with Crippen LogP contribution < -0.4 is 4.90 Å². The molecular weight excluding hydrogens is 435 g/mol. The quantitative estimate of drug-likeness (QED) is 0.618. The van der Waals surface area contributed by atoms with E-state index in [1.165, 1.54) is 47.0 Å². The van der Waals surface area contributed by atoms with Gasteiger partial charge in [-0.2, -0.15) is 13.2 Å². The van der Waals surface area contributed by atoms with Gasteiger partial charge in [0.25, 0.3) is 5.91 Å².